The number of rotatable bonds is 4. The number of ether oxygens (including phenoxy) is 1. The van der Waals surface area contributed by atoms with Gasteiger partial charge < -0.3 is 9.64 Å². The van der Waals surface area contributed by atoms with E-state index in [9.17, 15) is 4.79 Å². The third kappa shape index (κ3) is 3.24. The molecule has 2 aromatic heterocycles. The molecule has 0 radical (unpaired) electrons. The van der Waals surface area contributed by atoms with Gasteiger partial charge in [0.05, 0.1) is 12.2 Å². The van der Waals surface area contributed by atoms with E-state index in [1.807, 2.05) is 9.58 Å². The molecule has 1 aliphatic rings. The van der Waals surface area contributed by atoms with Crippen molar-refractivity contribution < 1.29 is 9.53 Å². The van der Waals surface area contributed by atoms with Crippen LogP contribution in [0.5, 0.6) is 5.75 Å². The number of amides is 1. The molecular weight excluding hydrogens is 282 g/mol. The third-order valence-corrected chi connectivity index (χ3v) is 3.81. The van der Waals surface area contributed by atoms with Crippen molar-refractivity contribution in [2.45, 2.75) is 31.9 Å². The molecule has 1 saturated heterocycles. The molecule has 0 aromatic carbocycles. The van der Waals surface area contributed by atoms with E-state index in [0.29, 0.717) is 12.3 Å². The highest BCUT2D eigenvalue weighted by Gasteiger charge is 2.28. The van der Waals surface area contributed by atoms with Crippen LogP contribution >= 0.6 is 0 Å². The maximum Gasteiger partial charge on any atom is 0.263 e. The Bertz CT molecular complexity index is 602. The monoisotopic (exact) mass is 301 g/mol. The number of piperidine rings is 1. The summed E-state index contributed by atoms with van der Waals surface area (Å²) < 4.78 is 7.49. The fourth-order valence-corrected chi connectivity index (χ4v) is 2.71. The summed E-state index contributed by atoms with van der Waals surface area (Å²) in [7, 11) is 0. The number of nitrogens with zero attached hydrogens (tertiary/aromatic N) is 5. The van der Waals surface area contributed by atoms with Crippen LogP contribution in [0.3, 0.4) is 0 Å². The first-order chi connectivity index (χ1) is 10.7. The lowest BCUT2D eigenvalue weighted by molar-refractivity contribution is -0.139. The standard InChI is InChI=1S/C15H19N5O2/c1-12(22-14-5-2-6-16-8-14)15(21)19-7-3-4-13(9-19)20-11-17-10-18-20/h2,5-6,8,10-13H,3-4,7,9H2,1H3/t12-,13-/m0/s1. The van der Waals surface area contributed by atoms with Gasteiger partial charge in [-0.05, 0) is 31.9 Å². The molecular formula is C15H19N5O2. The van der Waals surface area contributed by atoms with E-state index in [1.54, 1.807) is 37.8 Å². The van der Waals surface area contributed by atoms with E-state index in [-0.39, 0.29) is 11.9 Å². The van der Waals surface area contributed by atoms with Crippen molar-refractivity contribution in [1.82, 2.24) is 24.6 Å². The fraction of sp³-hybridized carbons (Fsp3) is 0.467. The lowest BCUT2D eigenvalue weighted by atomic mass is 10.1. The normalized spacial score (nSPS) is 19.7. The lowest BCUT2D eigenvalue weighted by Gasteiger charge is -2.34. The lowest BCUT2D eigenvalue weighted by Crippen LogP contribution is -2.46. The Morgan fingerprint density at radius 3 is 3.09 bits per heavy atom. The molecule has 3 heterocycles. The topological polar surface area (TPSA) is 73.1 Å². The Labute approximate surface area is 128 Å². The van der Waals surface area contributed by atoms with E-state index < -0.39 is 6.10 Å². The van der Waals surface area contributed by atoms with E-state index >= 15 is 0 Å². The molecule has 1 aliphatic heterocycles. The van der Waals surface area contributed by atoms with Crippen LogP contribution in [0.15, 0.2) is 37.2 Å². The number of hydrogen-bond acceptors (Lipinski definition) is 5. The zero-order chi connectivity index (χ0) is 15.4. The van der Waals surface area contributed by atoms with Crippen LogP contribution in [0.4, 0.5) is 0 Å². The highest BCUT2D eigenvalue weighted by Crippen LogP contribution is 2.21. The highest BCUT2D eigenvalue weighted by molar-refractivity contribution is 5.81. The molecule has 1 fully saturated rings. The van der Waals surface area contributed by atoms with Crippen LogP contribution in [0.25, 0.3) is 0 Å². The second kappa shape index (κ2) is 6.55. The van der Waals surface area contributed by atoms with Gasteiger partial charge in [0.1, 0.15) is 18.4 Å². The van der Waals surface area contributed by atoms with Crippen LogP contribution in [0.1, 0.15) is 25.8 Å². The zero-order valence-corrected chi connectivity index (χ0v) is 12.5. The van der Waals surface area contributed by atoms with Crippen molar-refractivity contribution in [1.29, 1.82) is 0 Å². The minimum atomic E-state index is -0.529. The number of carbonyl (C=O) groups excluding carboxylic acids is 1. The molecule has 116 valence electrons. The Morgan fingerprint density at radius 1 is 1.45 bits per heavy atom. The minimum absolute atomic E-state index is 0.00586. The van der Waals surface area contributed by atoms with Crippen LogP contribution in [0, 0.1) is 0 Å². The average molecular weight is 301 g/mol. The molecule has 1 amide bonds. The van der Waals surface area contributed by atoms with Crippen molar-refractivity contribution in [3.05, 3.63) is 37.2 Å². The van der Waals surface area contributed by atoms with Gasteiger partial charge in [0, 0.05) is 19.3 Å². The molecule has 0 aliphatic carbocycles. The Morgan fingerprint density at radius 2 is 2.36 bits per heavy atom. The van der Waals surface area contributed by atoms with Crippen LogP contribution in [-0.4, -0.2) is 49.7 Å². The van der Waals surface area contributed by atoms with Crippen LogP contribution in [-0.2, 0) is 4.79 Å². The number of hydrogen-bond donors (Lipinski definition) is 0. The van der Waals surface area contributed by atoms with Crippen LogP contribution < -0.4 is 4.74 Å². The summed E-state index contributed by atoms with van der Waals surface area (Å²) in [6.07, 6.45) is 7.94. The van der Waals surface area contributed by atoms with Gasteiger partial charge in [0.15, 0.2) is 6.10 Å². The summed E-state index contributed by atoms with van der Waals surface area (Å²) in [5.41, 5.74) is 0. The highest BCUT2D eigenvalue weighted by atomic mass is 16.5. The molecule has 0 N–H and O–H groups in total. The number of carbonyl (C=O) groups is 1. The maximum atomic E-state index is 12.6. The van der Waals surface area contributed by atoms with E-state index in [0.717, 1.165) is 19.4 Å². The predicted molar refractivity (Wildman–Crippen MR) is 79.2 cm³/mol. The van der Waals surface area contributed by atoms with Crippen molar-refractivity contribution in [3.63, 3.8) is 0 Å². The Hall–Kier alpha value is -2.44. The first-order valence-corrected chi connectivity index (χ1v) is 7.43. The van der Waals surface area contributed by atoms with Gasteiger partial charge in [0.25, 0.3) is 5.91 Å². The molecule has 0 spiro atoms. The number of aromatic nitrogens is 4. The number of likely N-dealkylation sites (tertiary alicyclic amines) is 1. The Balaban J connectivity index is 1.61. The van der Waals surface area contributed by atoms with Crippen molar-refractivity contribution in [3.8, 4) is 5.75 Å². The van der Waals surface area contributed by atoms with Gasteiger partial charge in [-0.25, -0.2) is 9.67 Å². The summed E-state index contributed by atoms with van der Waals surface area (Å²) in [4.78, 5) is 22.4. The van der Waals surface area contributed by atoms with Crippen LogP contribution in [0.2, 0.25) is 0 Å². The van der Waals surface area contributed by atoms with Crippen molar-refractivity contribution in [2.24, 2.45) is 0 Å². The molecule has 2 atom stereocenters. The average Bonchev–Trinajstić information content (AvgIpc) is 3.10. The molecule has 0 bridgehead atoms. The maximum absolute atomic E-state index is 12.6. The molecule has 22 heavy (non-hydrogen) atoms. The minimum Gasteiger partial charge on any atom is -0.479 e. The molecule has 0 saturated carbocycles. The molecule has 7 heteroatoms. The summed E-state index contributed by atoms with van der Waals surface area (Å²) in [6.45, 7) is 3.17. The zero-order valence-electron chi connectivity index (χ0n) is 12.5. The van der Waals surface area contributed by atoms with Gasteiger partial charge >= 0.3 is 0 Å². The summed E-state index contributed by atoms with van der Waals surface area (Å²) in [5.74, 6) is 0.599. The predicted octanol–water partition coefficient (Wildman–Crippen LogP) is 1.30. The quantitative estimate of drug-likeness (QED) is 0.851. The Kier molecular flexibility index (Phi) is 4.32. The second-order valence-corrected chi connectivity index (χ2v) is 5.40. The fourth-order valence-electron chi connectivity index (χ4n) is 2.71. The molecule has 7 nitrogen and oxygen atoms in total. The van der Waals surface area contributed by atoms with E-state index in [2.05, 4.69) is 15.1 Å². The third-order valence-electron chi connectivity index (χ3n) is 3.81. The largest absolute Gasteiger partial charge is 0.479 e. The van der Waals surface area contributed by atoms with Crippen molar-refractivity contribution in [2.75, 3.05) is 13.1 Å². The second-order valence-electron chi connectivity index (χ2n) is 5.40. The van der Waals surface area contributed by atoms with Gasteiger partial charge in [-0.15, -0.1) is 0 Å². The van der Waals surface area contributed by atoms with E-state index in [1.165, 1.54) is 6.33 Å². The summed E-state index contributed by atoms with van der Waals surface area (Å²) >= 11 is 0. The molecule has 3 rings (SSSR count). The van der Waals surface area contributed by atoms with Gasteiger partial charge in [-0.1, -0.05) is 0 Å². The van der Waals surface area contributed by atoms with E-state index in [4.69, 9.17) is 4.74 Å². The SMILES string of the molecule is C[C@H](Oc1cccnc1)C(=O)N1CCC[C@H](n2cncn2)C1. The first kappa shape index (κ1) is 14.5. The number of pyridine rings is 1. The van der Waals surface area contributed by atoms with Gasteiger partial charge in [0.2, 0.25) is 0 Å². The summed E-state index contributed by atoms with van der Waals surface area (Å²) in [5, 5.41) is 4.17. The summed E-state index contributed by atoms with van der Waals surface area (Å²) in [6, 6.07) is 3.77. The van der Waals surface area contributed by atoms with Gasteiger partial charge in [-0.2, -0.15) is 5.10 Å². The van der Waals surface area contributed by atoms with Gasteiger partial charge in [-0.3, -0.25) is 9.78 Å². The molecule has 2 aromatic rings. The van der Waals surface area contributed by atoms with Crippen molar-refractivity contribution >= 4 is 5.91 Å². The first-order valence-electron chi connectivity index (χ1n) is 7.43. The smallest absolute Gasteiger partial charge is 0.263 e. The molecule has 0 unspecified atom stereocenters.